The summed E-state index contributed by atoms with van der Waals surface area (Å²) in [7, 11) is 0. The van der Waals surface area contributed by atoms with Gasteiger partial charge in [-0.1, -0.05) is 30.3 Å². The van der Waals surface area contributed by atoms with Crippen molar-refractivity contribution in [1.29, 1.82) is 0 Å². The lowest BCUT2D eigenvalue weighted by atomic mass is 10.1. The first-order valence-corrected chi connectivity index (χ1v) is 4.07. The van der Waals surface area contributed by atoms with Gasteiger partial charge in [0.1, 0.15) is 6.29 Å². The second kappa shape index (κ2) is 4.67. The molecule has 1 atom stereocenters. The zero-order chi connectivity index (χ0) is 8.81. The second-order valence-electron chi connectivity index (χ2n) is 2.82. The maximum atomic E-state index is 10.2. The monoisotopic (exact) mass is 163 g/mol. The summed E-state index contributed by atoms with van der Waals surface area (Å²) < 4.78 is 0. The molecule has 0 aliphatic rings. The van der Waals surface area contributed by atoms with E-state index >= 15 is 0 Å². The number of benzene rings is 1. The molecule has 0 amide bonds. The Morgan fingerprint density at radius 2 is 2.00 bits per heavy atom. The van der Waals surface area contributed by atoms with E-state index in [-0.39, 0.29) is 6.04 Å². The van der Waals surface area contributed by atoms with Crippen LogP contribution < -0.4 is 5.73 Å². The van der Waals surface area contributed by atoms with Crippen LogP contribution in [0.15, 0.2) is 30.3 Å². The molecule has 1 aromatic carbocycles. The van der Waals surface area contributed by atoms with Crippen LogP contribution in [-0.4, -0.2) is 12.3 Å². The Morgan fingerprint density at radius 1 is 1.33 bits per heavy atom. The highest BCUT2D eigenvalue weighted by atomic mass is 16.1. The van der Waals surface area contributed by atoms with E-state index in [4.69, 9.17) is 5.73 Å². The summed E-state index contributed by atoms with van der Waals surface area (Å²) in [5, 5.41) is 0. The van der Waals surface area contributed by atoms with Crippen LogP contribution in [0.2, 0.25) is 0 Å². The second-order valence-corrected chi connectivity index (χ2v) is 2.82. The molecule has 2 heteroatoms. The molecule has 0 spiro atoms. The minimum absolute atomic E-state index is 0.315. The molecule has 0 radical (unpaired) electrons. The van der Waals surface area contributed by atoms with Crippen molar-refractivity contribution >= 4 is 6.29 Å². The molecule has 0 saturated heterocycles. The van der Waals surface area contributed by atoms with Crippen LogP contribution >= 0.6 is 0 Å². The fourth-order valence-electron chi connectivity index (χ4n) is 1.05. The third-order valence-corrected chi connectivity index (χ3v) is 1.78. The zero-order valence-electron chi connectivity index (χ0n) is 6.94. The largest absolute Gasteiger partial charge is 0.322 e. The molecular formula is C10H13NO. The van der Waals surface area contributed by atoms with Crippen molar-refractivity contribution in [2.24, 2.45) is 5.73 Å². The van der Waals surface area contributed by atoms with E-state index < -0.39 is 0 Å². The highest BCUT2D eigenvalue weighted by Gasteiger charge is 1.99. The van der Waals surface area contributed by atoms with E-state index in [2.05, 4.69) is 0 Å². The summed E-state index contributed by atoms with van der Waals surface area (Å²) in [6, 6.07) is 9.71. The smallest absolute Gasteiger partial charge is 0.136 e. The average Bonchev–Trinajstić information content (AvgIpc) is 2.16. The van der Waals surface area contributed by atoms with E-state index in [0.29, 0.717) is 0 Å². The molecule has 2 N–H and O–H groups in total. The van der Waals surface area contributed by atoms with E-state index in [1.54, 1.807) is 0 Å². The van der Waals surface area contributed by atoms with Gasteiger partial charge in [0.2, 0.25) is 0 Å². The molecule has 12 heavy (non-hydrogen) atoms. The first-order valence-electron chi connectivity index (χ1n) is 4.07. The van der Waals surface area contributed by atoms with Gasteiger partial charge in [-0.05, 0) is 18.4 Å². The molecule has 0 saturated carbocycles. The number of hydrogen-bond acceptors (Lipinski definition) is 2. The molecule has 0 bridgehead atoms. The Balaban J connectivity index is 2.38. The SMILES string of the molecule is NC(C=O)CCc1ccccc1. The van der Waals surface area contributed by atoms with Crippen LogP contribution in [0.3, 0.4) is 0 Å². The Bertz CT molecular complexity index is 233. The quantitative estimate of drug-likeness (QED) is 0.676. The van der Waals surface area contributed by atoms with Crippen molar-refractivity contribution in [1.82, 2.24) is 0 Å². The highest BCUT2D eigenvalue weighted by Crippen LogP contribution is 2.02. The molecular weight excluding hydrogens is 150 g/mol. The summed E-state index contributed by atoms with van der Waals surface area (Å²) in [5.74, 6) is 0. The summed E-state index contributed by atoms with van der Waals surface area (Å²) in [6.07, 6.45) is 2.40. The van der Waals surface area contributed by atoms with Crippen molar-refractivity contribution in [3.8, 4) is 0 Å². The highest BCUT2D eigenvalue weighted by molar-refractivity contribution is 5.56. The summed E-state index contributed by atoms with van der Waals surface area (Å²) in [4.78, 5) is 10.2. The van der Waals surface area contributed by atoms with Gasteiger partial charge in [-0.15, -0.1) is 0 Å². The van der Waals surface area contributed by atoms with Gasteiger partial charge in [0.25, 0.3) is 0 Å². The van der Waals surface area contributed by atoms with Gasteiger partial charge in [0, 0.05) is 0 Å². The lowest BCUT2D eigenvalue weighted by Gasteiger charge is -2.02. The fourth-order valence-corrected chi connectivity index (χ4v) is 1.05. The van der Waals surface area contributed by atoms with E-state index in [1.165, 1.54) is 5.56 Å². The van der Waals surface area contributed by atoms with Crippen molar-refractivity contribution in [3.05, 3.63) is 35.9 Å². The van der Waals surface area contributed by atoms with Crippen molar-refractivity contribution < 1.29 is 4.79 Å². The first-order chi connectivity index (χ1) is 5.83. The lowest BCUT2D eigenvalue weighted by molar-refractivity contribution is -0.109. The van der Waals surface area contributed by atoms with Gasteiger partial charge >= 0.3 is 0 Å². The van der Waals surface area contributed by atoms with Crippen LogP contribution in [0.5, 0.6) is 0 Å². The lowest BCUT2D eigenvalue weighted by Crippen LogP contribution is -2.21. The third-order valence-electron chi connectivity index (χ3n) is 1.78. The minimum atomic E-state index is -0.315. The number of aldehydes is 1. The van der Waals surface area contributed by atoms with E-state index in [1.807, 2.05) is 30.3 Å². The molecule has 0 aliphatic heterocycles. The molecule has 2 nitrogen and oxygen atoms in total. The summed E-state index contributed by atoms with van der Waals surface area (Å²) in [5.41, 5.74) is 6.68. The van der Waals surface area contributed by atoms with Crippen LogP contribution in [-0.2, 0) is 11.2 Å². The van der Waals surface area contributed by atoms with Gasteiger partial charge in [0.15, 0.2) is 0 Å². The molecule has 0 heterocycles. The normalized spacial score (nSPS) is 12.4. The maximum absolute atomic E-state index is 10.2. The molecule has 1 unspecified atom stereocenters. The molecule has 0 aromatic heterocycles. The molecule has 1 rings (SSSR count). The number of carbonyl (C=O) groups is 1. The van der Waals surface area contributed by atoms with Crippen molar-refractivity contribution in [2.45, 2.75) is 18.9 Å². The Labute approximate surface area is 72.4 Å². The minimum Gasteiger partial charge on any atom is -0.322 e. The number of nitrogens with two attached hydrogens (primary N) is 1. The zero-order valence-corrected chi connectivity index (χ0v) is 6.94. The average molecular weight is 163 g/mol. The Hall–Kier alpha value is -1.15. The van der Waals surface area contributed by atoms with Gasteiger partial charge in [-0.25, -0.2) is 0 Å². The fraction of sp³-hybridized carbons (Fsp3) is 0.300. The Kier molecular flexibility index (Phi) is 3.48. The van der Waals surface area contributed by atoms with Crippen LogP contribution in [0.25, 0.3) is 0 Å². The molecule has 0 fully saturated rings. The molecule has 64 valence electrons. The number of rotatable bonds is 4. The third kappa shape index (κ3) is 2.84. The first kappa shape index (κ1) is 8.94. The predicted molar refractivity (Wildman–Crippen MR) is 48.8 cm³/mol. The van der Waals surface area contributed by atoms with E-state index in [9.17, 15) is 4.79 Å². The maximum Gasteiger partial charge on any atom is 0.136 e. The van der Waals surface area contributed by atoms with Crippen LogP contribution in [0.1, 0.15) is 12.0 Å². The van der Waals surface area contributed by atoms with Gasteiger partial charge in [-0.3, -0.25) is 0 Å². The summed E-state index contributed by atoms with van der Waals surface area (Å²) >= 11 is 0. The Morgan fingerprint density at radius 3 is 2.58 bits per heavy atom. The standard InChI is InChI=1S/C10H13NO/c11-10(8-12)7-6-9-4-2-1-3-5-9/h1-5,8,10H,6-7,11H2. The number of aryl methyl sites for hydroxylation is 1. The topological polar surface area (TPSA) is 43.1 Å². The van der Waals surface area contributed by atoms with Gasteiger partial charge < -0.3 is 10.5 Å². The van der Waals surface area contributed by atoms with Crippen LogP contribution in [0, 0.1) is 0 Å². The van der Waals surface area contributed by atoms with Gasteiger partial charge in [0.05, 0.1) is 6.04 Å². The molecule has 1 aromatic rings. The number of carbonyl (C=O) groups excluding carboxylic acids is 1. The van der Waals surface area contributed by atoms with Gasteiger partial charge in [-0.2, -0.15) is 0 Å². The van der Waals surface area contributed by atoms with Crippen LogP contribution in [0.4, 0.5) is 0 Å². The predicted octanol–water partition coefficient (Wildman–Crippen LogP) is 1.15. The summed E-state index contributed by atoms with van der Waals surface area (Å²) in [6.45, 7) is 0. The van der Waals surface area contributed by atoms with E-state index in [0.717, 1.165) is 19.1 Å². The van der Waals surface area contributed by atoms with Crippen molar-refractivity contribution in [3.63, 3.8) is 0 Å². The number of hydrogen-bond donors (Lipinski definition) is 1. The molecule has 0 aliphatic carbocycles. The van der Waals surface area contributed by atoms with Crippen molar-refractivity contribution in [2.75, 3.05) is 0 Å².